The molecule has 1 aromatic heterocycles. The number of aryl methyl sites for hydroxylation is 1. The Morgan fingerprint density at radius 3 is 2.54 bits per heavy atom. The molecule has 13 heavy (non-hydrogen) atoms. The lowest BCUT2D eigenvalue weighted by Gasteiger charge is -2.25. The first kappa shape index (κ1) is 9.20. The minimum absolute atomic E-state index is 0.815. The van der Waals surface area contributed by atoms with Gasteiger partial charge in [-0.15, -0.1) is 0 Å². The van der Waals surface area contributed by atoms with E-state index in [4.69, 9.17) is 0 Å². The Balaban J connectivity index is 2.06. The maximum atomic E-state index is 4.26. The first-order chi connectivity index (χ1) is 6.27. The van der Waals surface area contributed by atoms with E-state index in [0.29, 0.717) is 0 Å². The molecule has 2 rings (SSSR count). The van der Waals surface area contributed by atoms with Crippen LogP contribution in [0.5, 0.6) is 0 Å². The normalized spacial score (nSPS) is 29.1. The van der Waals surface area contributed by atoms with E-state index in [0.717, 1.165) is 11.8 Å². The number of hydrogen-bond donors (Lipinski definition) is 0. The molecule has 0 bridgehead atoms. The predicted molar refractivity (Wildman–Crippen MR) is 57.2 cm³/mol. The van der Waals surface area contributed by atoms with Crippen molar-refractivity contribution in [2.75, 3.05) is 0 Å². The summed E-state index contributed by atoms with van der Waals surface area (Å²) in [6.07, 6.45) is 7.64. The van der Waals surface area contributed by atoms with Crippen LogP contribution < -0.4 is 0 Å². The third kappa shape index (κ3) is 1.93. The minimum atomic E-state index is 0.815. The summed E-state index contributed by atoms with van der Waals surface area (Å²) in [6.45, 7) is 4.57. The molecule has 1 saturated carbocycles. The smallest absolute Gasteiger partial charge is 0.0444 e. The average molecular weight is 195 g/mol. The molecule has 1 nitrogen and oxygen atoms in total. The quantitative estimate of drug-likeness (QED) is 0.665. The highest BCUT2D eigenvalue weighted by molar-refractivity contribution is 7.05. The van der Waals surface area contributed by atoms with E-state index in [-0.39, 0.29) is 0 Å². The third-order valence-corrected chi connectivity index (χ3v) is 3.96. The van der Waals surface area contributed by atoms with Gasteiger partial charge >= 0.3 is 0 Å². The monoisotopic (exact) mass is 195 g/mol. The molecular formula is C11H17NS. The van der Waals surface area contributed by atoms with Crippen LogP contribution in [0.2, 0.25) is 0 Å². The molecule has 1 fully saturated rings. The van der Waals surface area contributed by atoms with Crippen molar-refractivity contribution in [3.05, 3.63) is 16.6 Å². The third-order valence-electron chi connectivity index (χ3n) is 3.24. The summed E-state index contributed by atoms with van der Waals surface area (Å²) >= 11 is 1.65. The molecule has 1 aliphatic rings. The zero-order chi connectivity index (χ0) is 9.26. The molecule has 0 aromatic carbocycles. The SMILES string of the molecule is Cc1sncc1C1CCC(C)CC1. The Hall–Kier alpha value is -0.370. The minimum Gasteiger partial charge on any atom is -0.201 e. The summed E-state index contributed by atoms with van der Waals surface area (Å²) in [5.74, 6) is 1.76. The van der Waals surface area contributed by atoms with E-state index in [1.807, 2.05) is 0 Å². The van der Waals surface area contributed by atoms with Gasteiger partial charge in [-0.1, -0.05) is 19.8 Å². The molecule has 0 unspecified atom stereocenters. The Bertz CT molecular complexity index is 271. The Morgan fingerprint density at radius 2 is 2.00 bits per heavy atom. The van der Waals surface area contributed by atoms with Crippen LogP contribution in [0.3, 0.4) is 0 Å². The van der Waals surface area contributed by atoms with Gasteiger partial charge in [0.1, 0.15) is 0 Å². The summed E-state index contributed by atoms with van der Waals surface area (Å²) < 4.78 is 4.26. The van der Waals surface area contributed by atoms with Gasteiger partial charge < -0.3 is 0 Å². The highest BCUT2D eigenvalue weighted by Crippen LogP contribution is 2.37. The molecule has 0 radical (unpaired) electrons. The molecule has 0 saturated heterocycles. The largest absolute Gasteiger partial charge is 0.201 e. The lowest BCUT2D eigenvalue weighted by atomic mass is 9.80. The van der Waals surface area contributed by atoms with Gasteiger partial charge in [0.25, 0.3) is 0 Å². The van der Waals surface area contributed by atoms with Crippen LogP contribution >= 0.6 is 11.5 Å². The van der Waals surface area contributed by atoms with Crippen molar-refractivity contribution in [3.63, 3.8) is 0 Å². The second-order valence-electron chi connectivity index (χ2n) is 4.29. The average Bonchev–Trinajstić information content (AvgIpc) is 2.53. The van der Waals surface area contributed by atoms with Gasteiger partial charge in [0, 0.05) is 11.1 Å². The van der Waals surface area contributed by atoms with Crippen molar-refractivity contribution in [2.45, 2.75) is 45.4 Å². The predicted octanol–water partition coefficient (Wildman–Crippen LogP) is 3.75. The standard InChI is InChI=1S/C11H17NS/c1-8-3-5-10(6-4-8)11-7-12-13-9(11)2/h7-8,10H,3-6H2,1-2H3. The zero-order valence-corrected chi connectivity index (χ0v) is 9.23. The second-order valence-corrected chi connectivity index (χ2v) is 5.30. The van der Waals surface area contributed by atoms with E-state index in [1.165, 1.54) is 36.1 Å². The van der Waals surface area contributed by atoms with Crippen LogP contribution in [0.4, 0.5) is 0 Å². The van der Waals surface area contributed by atoms with Crippen LogP contribution in [0.1, 0.15) is 49.0 Å². The number of rotatable bonds is 1. The lowest BCUT2D eigenvalue weighted by Crippen LogP contribution is -2.10. The van der Waals surface area contributed by atoms with Crippen molar-refractivity contribution in [2.24, 2.45) is 5.92 Å². The van der Waals surface area contributed by atoms with Gasteiger partial charge in [-0.2, -0.15) is 0 Å². The fourth-order valence-electron chi connectivity index (χ4n) is 2.27. The van der Waals surface area contributed by atoms with E-state index in [1.54, 1.807) is 11.5 Å². The van der Waals surface area contributed by atoms with Gasteiger partial charge in [-0.3, -0.25) is 0 Å². The molecule has 2 heteroatoms. The molecular weight excluding hydrogens is 178 g/mol. The Kier molecular flexibility index (Phi) is 2.68. The number of hydrogen-bond acceptors (Lipinski definition) is 2. The van der Waals surface area contributed by atoms with Gasteiger partial charge in [0.05, 0.1) is 0 Å². The van der Waals surface area contributed by atoms with Gasteiger partial charge in [-0.05, 0) is 48.7 Å². The molecule has 1 aromatic rings. The number of nitrogens with zero attached hydrogens (tertiary/aromatic N) is 1. The summed E-state index contributed by atoms with van der Waals surface area (Å²) in [7, 11) is 0. The molecule has 1 aliphatic carbocycles. The highest BCUT2D eigenvalue weighted by atomic mass is 32.1. The summed E-state index contributed by atoms with van der Waals surface area (Å²) in [4.78, 5) is 1.43. The van der Waals surface area contributed by atoms with Crippen molar-refractivity contribution in [1.29, 1.82) is 0 Å². The van der Waals surface area contributed by atoms with E-state index in [9.17, 15) is 0 Å². The summed E-state index contributed by atoms with van der Waals surface area (Å²) in [6, 6.07) is 0. The Labute approximate surface area is 84.3 Å². The molecule has 0 aliphatic heterocycles. The van der Waals surface area contributed by atoms with Crippen molar-refractivity contribution in [3.8, 4) is 0 Å². The van der Waals surface area contributed by atoms with E-state index >= 15 is 0 Å². The van der Waals surface area contributed by atoms with E-state index < -0.39 is 0 Å². The van der Waals surface area contributed by atoms with Crippen LogP contribution in [-0.4, -0.2) is 4.37 Å². The molecule has 1 heterocycles. The molecule has 72 valence electrons. The molecule has 0 amide bonds. The maximum Gasteiger partial charge on any atom is 0.0444 e. The summed E-state index contributed by atoms with van der Waals surface area (Å²) in [5, 5.41) is 0. The topological polar surface area (TPSA) is 12.9 Å². The van der Waals surface area contributed by atoms with Gasteiger partial charge in [0.15, 0.2) is 0 Å². The Morgan fingerprint density at radius 1 is 1.31 bits per heavy atom. The molecule has 0 spiro atoms. The van der Waals surface area contributed by atoms with Crippen molar-refractivity contribution < 1.29 is 0 Å². The first-order valence-corrected chi connectivity index (χ1v) is 5.96. The van der Waals surface area contributed by atoms with E-state index in [2.05, 4.69) is 24.4 Å². The van der Waals surface area contributed by atoms with Gasteiger partial charge in [-0.25, -0.2) is 4.37 Å². The zero-order valence-electron chi connectivity index (χ0n) is 8.42. The fourth-order valence-corrected chi connectivity index (χ4v) is 2.92. The van der Waals surface area contributed by atoms with Crippen molar-refractivity contribution >= 4 is 11.5 Å². The summed E-state index contributed by atoms with van der Waals surface area (Å²) in [5.41, 5.74) is 1.52. The number of aromatic nitrogens is 1. The van der Waals surface area contributed by atoms with Gasteiger partial charge in [0.2, 0.25) is 0 Å². The van der Waals surface area contributed by atoms with Crippen LogP contribution in [-0.2, 0) is 0 Å². The first-order valence-electron chi connectivity index (χ1n) is 5.18. The maximum absolute atomic E-state index is 4.26. The van der Waals surface area contributed by atoms with Crippen LogP contribution in [0, 0.1) is 12.8 Å². The van der Waals surface area contributed by atoms with Crippen LogP contribution in [0.25, 0.3) is 0 Å². The fraction of sp³-hybridized carbons (Fsp3) is 0.727. The van der Waals surface area contributed by atoms with Crippen molar-refractivity contribution in [1.82, 2.24) is 4.37 Å². The molecule has 0 N–H and O–H groups in total. The lowest BCUT2D eigenvalue weighted by molar-refractivity contribution is 0.347. The molecule has 0 atom stereocenters. The second kappa shape index (κ2) is 3.79. The highest BCUT2D eigenvalue weighted by Gasteiger charge is 2.21. The van der Waals surface area contributed by atoms with Crippen LogP contribution in [0.15, 0.2) is 6.20 Å².